The number of amides is 2. The van der Waals surface area contributed by atoms with E-state index in [1.54, 1.807) is 0 Å². The normalized spacial score (nSPS) is 24.7. The Hall–Kier alpha value is -1.82. The first-order chi connectivity index (χ1) is 11.2. The number of hydrogen-bond acceptors (Lipinski definition) is 4. The number of fused-ring (bicyclic) bond motifs is 1. The number of carbonyl (C=O) groups excluding carboxylic acids is 2. The summed E-state index contributed by atoms with van der Waals surface area (Å²) in [4.78, 5) is 23.7. The van der Waals surface area contributed by atoms with Crippen LogP contribution in [0.15, 0.2) is 23.3 Å². The molecule has 1 atom stereocenters. The average Bonchev–Trinajstić information content (AvgIpc) is 2.91. The highest BCUT2D eigenvalue weighted by molar-refractivity contribution is 8.14. The molecule has 2 N–H and O–H groups in total. The number of carbonyl (C=O) groups is 2. The maximum atomic E-state index is 12.5. The molecule has 1 saturated carbocycles. The van der Waals surface area contributed by atoms with Crippen LogP contribution in [0.2, 0.25) is 0 Å². The Kier molecular flexibility index (Phi) is 3.85. The van der Waals surface area contributed by atoms with E-state index in [1.807, 2.05) is 12.1 Å². The molecule has 0 bridgehead atoms. The second kappa shape index (κ2) is 6.00. The van der Waals surface area contributed by atoms with Crippen molar-refractivity contribution in [2.24, 2.45) is 11.0 Å². The van der Waals surface area contributed by atoms with Crippen molar-refractivity contribution in [2.75, 3.05) is 11.1 Å². The Morgan fingerprint density at radius 1 is 1.13 bits per heavy atom. The van der Waals surface area contributed by atoms with Crippen molar-refractivity contribution in [3.63, 3.8) is 0 Å². The number of anilines is 1. The fourth-order valence-corrected chi connectivity index (χ4v) is 4.47. The van der Waals surface area contributed by atoms with Crippen LogP contribution in [0.1, 0.15) is 49.1 Å². The van der Waals surface area contributed by atoms with E-state index in [4.69, 9.17) is 0 Å². The zero-order valence-corrected chi connectivity index (χ0v) is 13.6. The summed E-state index contributed by atoms with van der Waals surface area (Å²) in [5.41, 5.74) is 6.40. The Bertz CT molecular complexity index is 695. The Balaban J connectivity index is 1.66. The lowest BCUT2D eigenvalue weighted by Crippen LogP contribution is -2.24. The van der Waals surface area contributed by atoms with Crippen molar-refractivity contribution in [3.05, 3.63) is 29.3 Å². The van der Waals surface area contributed by atoms with Gasteiger partial charge in [0.15, 0.2) is 0 Å². The lowest BCUT2D eigenvalue weighted by Gasteiger charge is -2.26. The van der Waals surface area contributed by atoms with Crippen LogP contribution >= 0.6 is 11.8 Å². The van der Waals surface area contributed by atoms with E-state index in [2.05, 4.69) is 21.9 Å². The molecular formula is C17H19N3O2S. The number of benzene rings is 1. The van der Waals surface area contributed by atoms with Crippen molar-refractivity contribution < 1.29 is 9.59 Å². The second-order valence-electron chi connectivity index (χ2n) is 6.41. The Labute approximate surface area is 139 Å². The van der Waals surface area contributed by atoms with Gasteiger partial charge in [-0.05, 0) is 42.0 Å². The maximum Gasteiger partial charge on any atom is 0.299 e. The molecule has 120 valence electrons. The first-order valence-corrected chi connectivity index (χ1v) is 9.15. The van der Waals surface area contributed by atoms with Crippen LogP contribution in [-0.2, 0) is 4.79 Å². The predicted molar refractivity (Wildman–Crippen MR) is 91.9 cm³/mol. The molecular weight excluding hydrogens is 310 g/mol. The van der Waals surface area contributed by atoms with Gasteiger partial charge in [0.05, 0.1) is 11.6 Å². The van der Waals surface area contributed by atoms with E-state index in [0.29, 0.717) is 11.7 Å². The number of nitrogens with zero attached hydrogens (tertiary/aromatic N) is 1. The van der Waals surface area contributed by atoms with Crippen LogP contribution in [0, 0.1) is 5.92 Å². The molecule has 4 rings (SSSR count). The standard InChI is InChI=1S/C17H19N3O2S/c21-16-15(10-4-2-1-3-5-10)12-8-11(6-7-13(12)18-16)14-9-23-17(22)20-19-14/h6-8,10,15H,1-5,9H2,(H,18,21)(H,20,22). The summed E-state index contributed by atoms with van der Waals surface area (Å²) in [5, 5.41) is 7.06. The highest BCUT2D eigenvalue weighted by Crippen LogP contribution is 2.43. The molecule has 3 aliphatic rings. The van der Waals surface area contributed by atoms with Gasteiger partial charge in [-0.1, -0.05) is 37.1 Å². The maximum absolute atomic E-state index is 12.5. The van der Waals surface area contributed by atoms with Gasteiger partial charge in [0, 0.05) is 11.4 Å². The lowest BCUT2D eigenvalue weighted by molar-refractivity contribution is -0.118. The van der Waals surface area contributed by atoms with Crippen molar-refractivity contribution in [2.45, 2.75) is 38.0 Å². The third-order valence-corrected chi connectivity index (χ3v) is 5.77. The van der Waals surface area contributed by atoms with Gasteiger partial charge >= 0.3 is 0 Å². The Morgan fingerprint density at radius 3 is 2.70 bits per heavy atom. The highest BCUT2D eigenvalue weighted by atomic mass is 32.2. The molecule has 0 aromatic heterocycles. The summed E-state index contributed by atoms with van der Waals surface area (Å²) in [5.74, 6) is 1.12. The minimum Gasteiger partial charge on any atom is -0.325 e. The smallest absolute Gasteiger partial charge is 0.299 e. The fraction of sp³-hybridized carbons (Fsp3) is 0.471. The second-order valence-corrected chi connectivity index (χ2v) is 7.36. The van der Waals surface area contributed by atoms with Gasteiger partial charge in [-0.3, -0.25) is 9.59 Å². The number of hydrogen-bond donors (Lipinski definition) is 2. The summed E-state index contributed by atoms with van der Waals surface area (Å²) in [6, 6.07) is 6.03. The molecule has 1 aliphatic carbocycles. The minimum absolute atomic E-state index is 0.0308. The molecule has 0 saturated heterocycles. The van der Waals surface area contributed by atoms with Gasteiger partial charge in [0.25, 0.3) is 5.24 Å². The van der Waals surface area contributed by atoms with E-state index < -0.39 is 0 Å². The van der Waals surface area contributed by atoms with Gasteiger partial charge in [0.2, 0.25) is 5.91 Å². The molecule has 1 fully saturated rings. The first kappa shape index (κ1) is 14.8. The molecule has 2 aliphatic heterocycles. The molecule has 2 heterocycles. The molecule has 6 heteroatoms. The van der Waals surface area contributed by atoms with Crippen LogP contribution in [0.25, 0.3) is 0 Å². The zero-order chi connectivity index (χ0) is 15.8. The van der Waals surface area contributed by atoms with Gasteiger partial charge in [-0.15, -0.1) is 0 Å². The molecule has 1 aromatic carbocycles. The van der Waals surface area contributed by atoms with E-state index in [-0.39, 0.29) is 17.1 Å². The van der Waals surface area contributed by atoms with E-state index in [1.165, 1.54) is 31.0 Å². The van der Waals surface area contributed by atoms with Crippen LogP contribution in [0.5, 0.6) is 0 Å². The van der Waals surface area contributed by atoms with E-state index >= 15 is 0 Å². The summed E-state index contributed by atoms with van der Waals surface area (Å²) in [7, 11) is 0. The summed E-state index contributed by atoms with van der Waals surface area (Å²) < 4.78 is 0. The quantitative estimate of drug-likeness (QED) is 0.873. The molecule has 2 amide bonds. The third kappa shape index (κ3) is 2.76. The van der Waals surface area contributed by atoms with E-state index in [0.717, 1.165) is 35.4 Å². The number of nitrogens with one attached hydrogen (secondary N) is 2. The van der Waals surface area contributed by atoms with Crippen LogP contribution < -0.4 is 10.7 Å². The number of rotatable bonds is 2. The van der Waals surface area contributed by atoms with Gasteiger partial charge in [-0.2, -0.15) is 5.10 Å². The largest absolute Gasteiger partial charge is 0.325 e. The predicted octanol–water partition coefficient (Wildman–Crippen LogP) is 3.46. The van der Waals surface area contributed by atoms with Gasteiger partial charge in [0.1, 0.15) is 0 Å². The number of thioether (sulfide) groups is 1. The van der Waals surface area contributed by atoms with Crippen LogP contribution in [0.3, 0.4) is 0 Å². The topological polar surface area (TPSA) is 70.6 Å². The molecule has 23 heavy (non-hydrogen) atoms. The first-order valence-electron chi connectivity index (χ1n) is 8.17. The van der Waals surface area contributed by atoms with Crippen molar-refractivity contribution >= 4 is 34.3 Å². The zero-order valence-electron chi connectivity index (χ0n) is 12.8. The van der Waals surface area contributed by atoms with Crippen molar-refractivity contribution in [1.29, 1.82) is 0 Å². The Morgan fingerprint density at radius 2 is 1.96 bits per heavy atom. The SMILES string of the molecule is O=C1NN=C(c2ccc3c(c2)C(C2CCCCC2)C(=O)N3)CS1. The summed E-state index contributed by atoms with van der Waals surface area (Å²) in [6.45, 7) is 0. The molecule has 0 radical (unpaired) electrons. The average molecular weight is 329 g/mol. The van der Waals surface area contributed by atoms with E-state index in [9.17, 15) is 9.59 Å². The monoisotopic (exact) mass is 329 g/mol. The number of hydrazone groups is 1. The fourth-order valence-electron chi connectivity index (χ4n) is 3.86. The molecule has 5 nitrogen and oxygen atoms in total. The van der Waals surface area contributed by atoms with Crippen molar-refractivity contribution in [3.8, 4) is 0 Å². The van der Waals surface area contributed by atoms with Crippen molar-refractivity contribution in [1.82, 2.24) is 5.43 Å². The minimum atomic E-state index is -0.119. The molecule has 0 spiro atoms. The summed E-state index contributed by atoms with van der Waals surface area (Å²) in [6.07, 6.45) is 5.99. The van der Waals surface area contributed by atoms with Gasteiger partial charge < -0.3 is 5.32 Å². The third-order valence-electron chi connectivity index (χ3n) is 5.00. The lowest BCUT2D eigenvalue weighted by atomic mass is 9.77. The highest BCUT2D eigenvalue weighted by Gasteiger charge is 2.37. The summed E-state index contributed by atoms with van der Waals surface area (Å²) >= 11 is 1.22. The van der Waals surface area contributed by atoms with Crippen LogP contribution in [-0.4, -0.2) is 22.6 Å². The molecule has 1 aromatic rings. The van der Waals surface area contributed by atoms with Crippen LogP contribution in [0.4, 0.5) is 10.5 Å². The van der Waals surface area contributed by atoms with Gasteiger partial charge in [-0.25, -0.2) is 5.43 Å². The molecule has 1 unspecified atom stereocenters.